The number of pyridine rings is 1. The maximum atomic E-state index is 14.2. The van der Waals surface area contributed by atoms with Gasteiger partial charge in [-0.15, -0.1) is 0 Å². The number of rotatable bonds is 10. The average molecular weight is 504 g/mol. The smallest absolute Gasteiger partial charge is 0.251 e. The zero-order chi connectivity index (χ0) is 26.4. The summed E-state index contributed by atoms with van der Waals surface area (Å²) in [6.45, 7) is 6.07. The number of fused-ring (bicyclic) bond motifs is 1. The van der Waals surface area contributed by atoms with Gasteiger partial charge >= 0.3 is 0 Å². The van der Waals surface area contributed by atoms with E-state index in [1.807, 2.05) is 0 Å². The fourth-order valence-corrected chi connectivity index (χ4v) is 3.96. The van der Waals surface area contributed by atoms with Crippen molar-refractivity contribution in [3.8, 4) is 0 Å². The van der Waals surface area contributed by atoms with Crippen molar-refractivity contribution < 1.29 is 27.9 Å². The summed E-state index contributed by atoms with van der Waals surface area (Å²) in [6, 6.07) is 3.96. The summed E-state index contributed by atoms with van der Waals surface area (Å²) in [7, 11) is 1.55. The van der Waals surface area contributed by atoms with Gasteiger partial charge in [0.05, 0.1) is 12.6 Å². The van der Waals surface area contributed by atoms with Crippen LogP contribution in [0.1, 0.15) is 26.3 Å². The molecule has 0 saturated heterocycles. The third kappa shape index (κ3) is 6.03. The Labute approximate surface area is 208 Å². The number of ether oxygens (including phenoxy) is 1. The van der Waals surface area contributed by atoms with Gasteiger partial charge in [0.25, 0.3) is 5.91 Å². The quantitative estimate of drug-likeness (QED) is 0.428. The summed E-state index contributed by atoms with van der Waals surface area (Å²) in [6.07, 6.45) is 1.59. The number of carbonyl (C=O) groups is 3. The highest BCUT2D eigenvalue weighted by Gasteiger charge is 2.43. The van der Waals surface area contributed by atoms with Crippen molar-refractivity contribution >= 4 is 29.2 Å². The lowest BCUT2D eigenvalue weighted by molar-refractivity contribution is -0.130. The number of nitrogens with one attached hydrogen (secondary N) is 3. The van der Waals surface area contributed by atoms with Crippen molar-refractivity contribution in [2.45, 2.75) is 45.3 Å². The molecule has 2 aromatic rings. The maximum absolute atomic E-state index is 14.2. The fraction of sp³-hybridized carbons (Fsp3) is 0.440. The van der Waals surface area contributed by atoms with Crippen LogP contribution < -0.4 is 20.9 Å². The number of para-hydroxylation sites is 1. The van der Waals surface area contributed by atoms with Gasteiger partial charge in [-0.25, -0.2) is 13.8 Å². The number of benzene rings is 1. The van der Waals surface area contributed by atoms with E-state index >= 15 is 0 Å². The topological polar surface area (TPSA) is 113 Å². The van der Waals surface area contributed by atoms with Gasteiger partial charge in [-0.05, 0) is 36.6 Å². The van der Waals surface area contributed by atoms with Crippen molar-refractivity contribution in [2.24, 2.45) is 5.92 Å². The summed E-state index contributed by atoms with van der Waals surface area (Å²) >= 11 is 0. The zero-order valence-electron chi connectivity index (χ0n) is 20.7. The molecule has 0 radical (unpaired) electrons. The third-order valence-corrected chi connectivity index (χ3v) is 5.95. The first-order chi connectivity index (χ1) is 17.1. The van der Waals surface area contributed by atoms with Crippen LogP contribution in [0.25, 0.3) is 0 Å². The number of methoxy groups -OCH3 is 1. The molecule has 3 unspecified atom stereocenters. The first-order valence-electron chi connectivity index (χ1n) is 11.7. The summed E-state index contributed by atoms with van der Waals surface area (Å²) in [4.78, 5) is 45.2. The van der Waals surface area contributed by atoms with Crippen LogP contribution in [-0.4, -0.2) is 61.1 Å². The number of amides is 3. The van der Waals surface area contributed by atoms with Crippen LogP contribution >= 0.6 is 0 Å². The molecule has 3 amide bonds. The molecule has 1 aliphatic rings. The SMILES string of the molecule is COCCNC(C)C(=O)NC(C(=O)N1c2ncccc2CC1C(=O)Nc1c(F)cccc1F)C(C)C. The van der Waals surface area contributed by atoms with Gasteiger partial charge in [-0.3, -0.25) is 19.3 Å². The second-order valence-corrected chi connectivity index (χ2v) is 8.90. The Morgan fingerprint density at radius 2 is 1.83 bits per heavy atom. The van der Waals surface area contributed by atoms with Crippen LogP contribution in [-0.2, 0) is 25.5 Å². The summed E-state index contributed by atoms with van der Waals surface area (Å²) < 4.78 is 33.3. The zero-order valence-corrected chi connectivity index (χ0v) is 20.7. The van der Waals surface area contributed by atoms with E-state index < -0.39 is 53.2 Å². The highest BCUT2D eigenvalue weighted by atomic mass is 19.1. The van der Waals surface area contributed by atoms with Crippen LogP contribution in [0.3, 0.4) is 0 Å². The largest absolute Gasteiger partial charge is 0.383 e. The van der Waals surface area contributed by atoms with E-state index in [9.17, 15) is 23.2 Å². The molecular weight excluding hydrogens is 472 g/mol. The lowest BCUT2D eigenvalue weighted by Crippen LogP contribution is -2.58. The first kappa shape index (κ1) is 27.2. The summed E-state index contributed by atoms with van der Waals surface area (Å²) in [5.41, 5.74) is 0.0342. The molecule has 36 heavy (non-hydrogen) atoms. The molecule has 3 atom stereocenters. The predicted octanol–water partition coefficient (Wildman–Crippen LogP) is 2.02. The van der Waals surface area contributed by atoms with Crippen molar-refractivity contribution in [3.05, 3.63) is 53.7 Å². The molecular formula is C25H31F2N5O4. The molecule has 0 spiro atoms. The minimum Gasteiger partial charge on any atom is -0.383 e. The average Bonchev–Trinajstić information content (AvgIpc) is 3.24. The number of hydrogen-bond donors (Lipinski definition) is 3. The molecule has 1 aromatic carbocycles. The lowest BCUT2D eigenvalue weighted by Gasteiger charge is -2.31. The van der Waals surface area contributed by atoms with Gasteiger partial charge < -0.3 is 20.7 Å². The van der Waals surface area contributed by atoms with Crippen LogP contribution in [0.2, 0.25) is 0 Å². The minimum absolute atomic E-state index is 0.102. The van der Waals surface area contributed by atoms with Crippen molar-refractivity contribution in [3.63, 3.8) is 0 Å². The Morgan fingerprint density at radius 1 is 1.14 bits per heavy atom. The van der Waals surface area contributed by atoms with Gasteiger partial charge in [0, 0.05) is 26.3 Å². The normalized spacial score (nSPS) is 16.4. The molecule has 0 aliphatic carbocycles. The molecule has 3 rings (SSSR count). The Bertz CT molecular complexity index is 1090. The van der Waals surface area contributed by atoms with E-state index in [1.165, 1.54) is 17.2 Å². The number of halogens is 2. The van der Waals surface area contributed by atoms with Gasteiger partial charge in [0.15, 0.2) is 0 Å². The molecule has 0 fully saturated rings. The standard InChI is InChI=1S/C25H31F2N5O4/c1-14(2)20(30-23(33)15(3)28-11-12-36-4)25(35)32-19(13-16-7-6-10-29-22(16)32)24(34)31-21-17(26)8-5-9-18(21)27/h5-10,14-15,19-20,28H,11-13H2,1-4H3,(H,30,33)(H,31,34). The lowest BCUT2D eigenvalue weighted by atomic mass is 10.0. The van der Waals surface area contributed by atoms with Crippen molar-refractivity contribution in [1.29, 1.82) is 0 Å². The van der Waals surface area contributed by atoms with Gasteiger partial charge in [-0.2, -0.15) is 0 Å². The number of anilines is 2. The molecule has 1 aromatic heterocycles. The van der Waals surface area contributed by atoms with Crippen LogP contribution in [0.4, 0.5) is 20.3 Å². The second-order valence-electron chi connectivity index (χ2n) is 8.90. The third-order valence-electron chi connectivity index (χ3n) is 5.95. The number of nitrogens with zero attached hydrogens (tertiary/aromatic N) is 2. The Kier molecular flexibility index (Phi) is 9.05. The predicted molar refractivity (Wildman–Crippen MR) is 130 cm³/mol. The molecule has 1 aliphatic heterocycles. The Balaban J connectivity index is 1.86. The Morgan fingerprint density at radius 3 is 2.47 bits per heavy atom. The van der Waals surface area contributed by atoms with Crippen LogP contribution in [0, 0.1) is 17.6 Å². The Hall–Kier alpha value is -3.44. The summed E-state index contributed by atoms with van der Waals surface area (Å²) in [5.74, 6) is -3.64. The van der Waals surface area contributed by atoms with Crippen molar-refractivity contribution in [1.82, 2.24) is 15.6 Å². The van der Waals surface area contributed by atoms with E-state index in [1.54, 1.807) is 40.0 Å². The van der Waals surface area contributed by atoms with Crippen LogP contribution in [0.5, 0.6) is 0 Å². The molecule has 3 N–H and O–H groups in total. The number of aromatic nitrogens is 1. The molecule has 0 bridgehead atoms. The van der Waals surface area contributed by atoms with E-state index in [2.05, 4.69) is 20.9 Å². The minimum atomic E-state index is -1.11. The number of hydrogen-bond acceptors (Lipinski definition) is 6. The molecule has 194 valence electrons. The van der Waals surface area contributed by atoms with E-state index in [0.717, 1.165) is 12.1 Å². The van der Waals surface area contributed by atoms with Gasteiger partial charge in [0.1, 0.15) is 35.2 Å². The maximum Gasteiger partial charge on any atom is 0.251 e. The first-order valence-corrected chi connectivity index (χ1v) is 11.7. The molecule has 11 heteroatoms. The number of carbonyl (C=O) groups excluding carboxylic acids is 3. The van der Waals surface area contributed by atoms with Gasteiger partial charge in [-0.1, -0.05) is 26.0 Å². The highest BCUT2D eigenvalue weighted by Crippen LogP contribution is 2.32. The van der Waals surface area contributed by atoms with Gasteiger partial charge in [0.2, 0.25) is 11.8 Å². The van der Waals surface area contributed by atoms with Crippen molar-refractivity contribution in [2.75, 3.05) is 30.5 Å². The van der Waals surface area contributed by atoms with Crippen LogP contribution in [0.15, 0.2) is 36.5 Å². The van der Waals surface area contributed by atoms with E-state index in [-0.39, 0.29) is 18.2 Å². The molecule has 9 nitrogen and oxygen atoms in total. The fourth-order valence-electron chi connectivity index (χ4n) is 3.96. The highest BCUT2D eigenvalue weighted by molar-refractivity contribution is 6.09. The summed E-state index contributed by atoms with van der Waals surface area (Å²) in [5, 5.41) is 8.05. The second kappa shape index (κ2) is 12.0. The monoisotopic (exact) mass is 503 g/mol. The molecule has 2 heterocycles. The van der Waals surface area contributed by atoms with E-state index in [0.29, 0.717) is 18.7 Å². The van der Waals surface area contributed by atoms with E-state index in [4.69, 9.17) is 4.74 Å². The molecule has 0 saturated carbocycles.